The van der Waals surface area contributed by atoms with Gasteiger partial charge in [-0.15, -0.1) is 0 Å². The third-order valence-electron chi connectivity index (χ3n) is 3.29. The zero-order valence-electron chi connectivity index (χ0n) is 10.5. The second kappa shape index (κ2) is 4.72. The van der Waals surface area contributed by atoms with Gasteiger partial charge in [0.2, 0.25) is 0 Å². The number of benzene rings is 1. The molecule has 0 saturated heterocycles. The summed E-state index contributed by atoms with van der Waals surface area (Å²) in [4.78, 5) is 16.1. The van der Waals surface area contributed by atoms with Gasteiger partial charge in [-0.1, -0.05) is 18.2 Å². The van der Waals surface area contributed by atoms with Crippen LogP contribution in [0.4, 0.5) is 0 Å². The lowest BCUT2D eigenvalue weighted by Gasteiger charge is -2.13. The number of carbonyl (C=O) groups excluding carboxylic acids is 1. The first-order valence-electron chi connectivity index (χ1n) is 6.07. The fourth-order valence-corrected chi connectivity index (χ4v) is 2.33. The van der Waals surface area contributed by atoms with Crippen molar-refractivity contribution in [2.24, 2.45) is 0 Å². The number of hydrogen-bond donors (Lipinski definition) is 0. The Kier molecular flexibility index (Phi) is 2.91. The average molecular weight is 255 g/mol. The van der Waals surface area contributed by atoms with E-state index in [0.717, 1.165) is 11.1 Å². The van der Waals surface area contributed by atoms with Crippen molar-refractivity contribution in [1.82, 2.24) is 4.98 Å². The van der Waals surface area contributed by atoms with Gasteiger partial charge in [-0.05, 0) is 24.1 Å². The number of esters is 1. The zero-order valence-corrected chi connectivity index (χ0v) is 10.5. The number of nitrogens with zero attached hydrogens (tertiary/aromatic N) is 1. The Morgan fingerprint density at radius 1 is 1.32 bits per heavy atom. The first-order valence-corrected chi connectivity index (χ1v) is 6.07. The molecule has 19 heavy (non-hydrogen) atoms. The molecular formula is C15H13NO3. The summed E-state index contributed by atoms with van der Waals surface area (Å²) in [7, 11) is 1.41. The van der Waals surface area contributed by atoms with Gasteiger partial charge in [0.25, 0.3) is 0 Å². The number of pyridine rings is 1. The van der Waals surface area contributed by atoms with Gasteiger partial charge < -0.3 is 9.47 Å². The molecule has 0 spiro atoms. The number of ether oxygens (including phenoxy) is 2. The fraction of sp³-hybridized carbons (Fsp3) is 0.200. The van der Waals surface area contributed by atoms with Gasteiger partial charge >= 0.3 is 5.97 Å². The van der Waals surface area contributed by atoms with Crippen molar-refractivity contribution in [1.29, 1.82) is 0 Å². The van der Waals surface area contributed by atoms with Crippen LogP contribution in [0.2, 0.25) is 0 Å². The number of rotatable bonds is 1. The van der Waals surface area contributed by atoms with E-state index in [1.807, 2.05) is 30.3 Å². The maximum atomic E-state index is 12.0. The summed E-state index contributed by atoms with van der Waals surface area (Å²) in [6.45, 7) is 0. The van der Waals surface area contributed by atoms with Crippen molar-refractivity contribution in [2.45, 2.75) is 12.3 Å². The molecule has 0 bridgehead atoms. The van der Waals surface area contributed by atoms with Crippen LogP contribution in [0.15, 0.2) is 42.7 Å². The third-order valence-corrected chi connectivity index (χ3v) is 3.29. The number of methoxy groups -OCH3 is 1. The fourth-order valence-electron chi connectivity index (χ4n) is 2.33. The maximum absolute atomic E-state index is 12.0. The van der Waals surface area contributed by atoms with E-state index in [0.29, 0.717) is 17.9 Å². The van der Waals surface area contributed by atoms with Gasteiger partial charge in [-0.25, -0.2) is 0 Å². The minimum atomic E-state index is -0.343. The topological polar surface area (TPSA) is 48.4 Å². The van der Waals surface area contributed by atoms with Crippen LogP contribution in [-0.2, 0) is 16.0 Å². The van der Waals surface area contributed by atoms with Crippen molar-refractivity contribution in [3.8, 4) is 11.5 Å². The monoisotopic (exact) mass is 255 g/mol. The number of aromatic nitrogens is 1. The predicted molar refractivity (Wildman–Crippen MR) is 69.2 cm³/mol. The van der Waals surface area contributed by atoms with Crippen LogP contribution in [0.1, 0.15) is 17.0 Å². The van der Waals surface area contributed by atoms with E-state index in [1.165, 1.54) is 7.11 Å². The lowest BCUT2D eigenvalue weighted by Crippen LogP contribution is -2.16. The Balaban J connectivity index is 2.14. The number of para-hydroxylation sites is 1. The molecule has 0 saturated carbocycles. The lowest BCUT2D eigenvalue weighted by atomic mass is 9.92. The van der Waals surface area contributed by atoms with Gasteiger partial charge in [0.15, 0.2) is 0 Å². The molecule has 1 aliphatic rings. The molecule has 1 aromatic carbocycles. The van der Waals surface area contributed by atoms with Crippen LogP contribution in [0.25, 0.3) is 0 Å². The second-order valence-corrected chi connectivity index (χ2v) is 4.40. The Bertz CT molecular complexity index is 624. The summed E-state index contributed by atoms with van der Waals surface area (Å²) < 4.78 is 10.8. The highest BCUT2D eigenvalue weighted by atomic mass is 16.5. The van der Waals surface area contributed by atoms with Crippen molar-refractivity contribution in [3.05, 3.63) is 53.9 Å². The van der Waals surface area contributed by atoms with Crippen LogP contribution in [0, 0.1) is 0 Å². The van der Waals surface area contributed by atoms with Crippen LogP contribution >= 0.6 is 0 Å². The highest BCUT2D eigenvalue weighted by molar-refractivity contribution is 5.80. The van der Waals surface area contributed by atoms with Crippen molar-refractivity contribution >= 4 is 5.97 Å². The van der Waals surface area contributed by atoms with Gasteiger partial charge in [-0.2, -0.15) is 0 Å². The summed E-state index contributed by atoms with van der Waals surface area (Å²) in [6.07, 6.45) is 3.93. The van der Waals surface area contributed by atoms with E-state index < -0.39 is 0 Å². The molecule has 1 aliphatic heterocycles. The lowest BCUT2D eigenvalue weighted by molar-refractivity contribution is -0.142. The van der Waals surface area contributed by atoms with Gasteiger partial charge in [0, 0.05) is 11.8 Å². The van der Waals surface area contributed by atoms with Crippen LogP contribution in [-0.4, -0.2) is 18.1 Å². The molecule has 4 nitrogen and oxygen atoms in total. The number of fused-ring (bicyclic) bond motifs is 2. The number of carbonyl (C=O) groups is 1. The van der Waals surface area contributed by atoms with E-state index in [9.17, 15) is 4.79 Å². The highest BCUT2D eigenvalue weighted by Gasteiger charge is 2.29. The van der Waals surface area contributed by atoms with Crippen LogP contribution in [0.5, 0.6) is 11.5 Å². The summed E-state index contributed by atoms with van der Waals surface area (Å²) in [5.74, 6) is 0.788. The molecule has 0 fully saturated rings. The minimum absolute atomic E-state index is 0.249. The van der Waals surface area contributed by atoms with E-state index >= 15 is 0 Å². The normalized spacial score (nSPS) is 16.6. The van der Waals surface area contributed by atoms with Gasteiger partial charge in [0.1, 0.15) is 11.5 Å². The molecule has 1 unspecified atom stereocenters. The Hall–Kier alpha value is -2.36. The van der Waals surface area contributed by atoms with Crippen LogP contribution in [0.3, 0.4) is 0 Å². The minimum Gasteiger partial charge on any atom is -0.469 e. The predicted octanol–water partition coefficient (Wildman–Crippen LogP) is 2.69. The summed E-state index contributed by atoms with van der Waals surface area (Å²) in [6, 6.07) is 9.40. The first kappa shape index (κ1) is 11.7. The second-order valence-electron chi connectivity index (χ2n) is 4.40. The first-order chi connectivity index (χ1) is 9.29. The standard InChI is InChI=1S/C15H13NO3/c1-18-15(17)12-8-10-6-7-16-9-14(10)19-13-5-3-2-4-11(12)13/h2-7,9,12H,8H2,1H3. The summed E-state index contributed by atoms with van der Waals surface area (Å²) >= 11 is 0. The van der Waals surface area contributed by atoms with Crippen LogP contribution < -0.4 is 4.74 Å². The van der Waals surface area contributed by atoms with E-state index in [4.69, 9.17) is 9.47 Å². The van der Waals surface area contributed by atoms with Gasteiger partial charge in [0.05, 0.1) is 19.2 Å². The number of hydrogen-bond acceptors (Lipinski definition) is 4. The van der Waals surface area contributed by atoms with Crippen molar-refractivity contribution < 1.29 is 14.3 Å². The maximum Gasteiger partial charge on any atom is 0.313 e. The molecule has 1 atom stereocenters. The molecule has 4 heteroatoms. The Labute approximate surface area is 111 Å². The highest BCUT2D eigenvalue weighted by Crippen LogP contribution is 2.39. The molecule has 0 amide bonds. The molecular weight excluding hydrogens is 242 g/mol. The molecule has 2 aromatic rings. The quantitative estimate of drug-likeness (QED) is 0.735. The molecule has 3 rings (SSSR count). The van der Waals surface area contributed by atoms with Crippen molar-refractivity contribution in [2.75, 3.05) is 7.11 Å². The third kappa shape index (κ3) is 2.05. The SMILES string of the molecule is COC(=O)C1Cc2ccncc2Oc2ccccc21. The molecule has 1 aromatic heterocycles. The Morgan fingerprint density at radius 2 is 2.16 bits per heavy atom. The molecule has 2 heterocycles. The van der Waals surface area contributed by atoms with E-state index in [2.05, 4.69) is 4.98 Å². The molecule has 0 radical (unpaired) electrons. The van der Waals surface area contributed by atoms with Gasteiger partial charge in [-0.3, -0.25) is 9.78 Å². The van der Waals surface area contributed by atoms with E-state index in [-0.39, 0.29) is 11.9 Å². The van der Waals surface area contributed by atoms with E-state index in [1.54, 1.807) is 12.4 Å². The van der Waals surface area contributed by atoms with Crippen molar-refractivity contribution in [3.63, 3.8) is 0 Å². The smallest absolute Gasteiger partial charge is 0.313 e. The molecule has 96 valence electrons. The largest absolute Gasteiger partial charge is 0.469 e. The average Bonchev–Trinajstić information content (AvgIpc) is 2.62. The Morgan fingerprint density at radius 3 is 3.00 bits per heavy atom. The molecule has 0 aliphatic carbocycles. The zero-order chi connectivity index (χ0) is 13.2. The molecule has 0 N–H and O–H groups in total. The summed E-state index contributed by atoms with van der Waals surface area (Å²) in [5.41, 5.74) is 1.81. The summed E-state index contributed by atoms with van der Waals surface area (Å²) in [5, 5.41) is 0.